The van der Waals surface area contributed by atoms with Crippen LogP contribution in [-0.2, 0) is 20.7 Å². The summed E-state index contributed by atoms with van der Waals surface area (Å²) in [6.07, 6.45) is -0.521. The van der Waals surface area contributed by atoms with E-state index in [-0.39, 0.29) is 24.3 Å². The van der Waals surface area contributed by atoms with Gasteiger partial charge < -0.3 is 15.4 Å². The van der Waals surface area contributed by atoms with Gasteiger partial charge in [-0.25, -0.2) is 4.79 Å². The van der Waals surface area contributed by atoms with Crippen LogP contribution < -0.4 is 16.0 Å². The quantitative estimate of drug-likeness (QED) is 0.357. The van der Waals surface area contributed by atoms with Crippen molar-refractivity contribution in [3.63, 3.8) is 0 Å². The Kier molecular flexibility index (Phi) is 6.26. The number of hydrogen-bond acceptors (Lipinski definition) is 4. The molecule has 1 aliphatic rings. The Labute approximate surface area is 160 Å². The zero-order valence-corrected chi connectivity index (χ0v) is 16.5. The highest BCUT2D eigenvalue weighted by Gasteiger charge is 2.39. The van der Waals surface area contributed by atoms with E-state index in [4.69, 9.17) is 4.74 Å². The van der Waals surface area contributed by atoms with E-state index in [1.54, 1.807) is 45.0 Å². The zero-order valence-electron chi connectivity index (χ0n) is 14.4. The van der Waals surface area contributed by atoms with Crippen LogP contribution in [0.2, 0.25) is 0 Å². The Morgan fingerprint density at radius 2 is 1.96 bits per heavy atom. The largest absolute Gasteiger partial charge is 0.444 e. The number of anilines is 1. The summed E-state index contributed by atoms with van der Waals surface area (Å²) in [7, 11) is 0. The van der Waals surface area contributed by atoms with Gasteiger partial charge in [-0.05, 0) is 32.4 Å². The second kappa shape index (κ2) is 8.03. The van der Waals surface area contributed by atoms with Crippen LogP contribution in [-0.4, -0.2) is 40.0 Å². The lowest BCUT2D eigenvalue weighted by Crippen LogP contribution is -2.69. The molecule has 8 heteroatoms. The second-order valence-electron chi connectivity index (χ2n) is 6.78. The first-order valence-corrected chi connectivity index (χ1v) is 9.46. The minimum absolute atomic E-state index is 0.0350. The van der Waals surface area contributed by atoms with Crippen LogP contribution in [0.4, 0.5) is 10.5 Å². The number of nitrogens with one attached hydrogen (secondary N) is 3. The lowest BCUT2D eigenvalue weighted by Gasteiger charge is -2.36. The van der Waals surface area contributed by atoms with Crippen molar-refractivity contribution >= 4 is 46.2 Å². The fourth-order valence-corrected chi connectivity index (χ4v) is 3.07. The van der Waals surface area contributed by atoms with Gasteiger partial charge in [0, 0.05) is 10.1 Å². The molecule has 1 heterocycles. The summed E-state index contributed by atoms with van der Waals surface area (Å²) < 4.78 is 5.96. The van der Waals surface area contributed by atoms with E-state index in [2.05, 4.69) is 38.5 Å². The van der Waals surface area contributed by atoms with Crippen molar-refractivity contribution in [1.82, 2.24) is 10.6 Å². The third-order valence-corrected chi connectivity index (χ3v) is 4.45. The van der Waals surface area contributed by atoms with Gasteiger partial charge in [0.15, 0.2) is 0 Å². The number of benzene rings is 1. The van der Waals surface area contributed by atoms with Crippen LogP contribution in [0.3, 0.4) is 0 Å². The topological polar surface area (TPSA) is 96.5 Å². The molecule has 0 radical (unpaired) electrons. The minimum atomic E-state index is -0.609. The molecule has 0 aromatic heterocycles. The SMILES string of the molecule is CC(C)(C)OC(=O)Nc1ccccc1CC(=O)NC1C(=O)NC1CI. The van der Waals surface area contributed by atoms with Crippen molar-refractivity contribution in [3.05, 3.63) is 29.8 Å². The van der Waals surface area contributed by atoms with Gasteiger partial charge in [0.25, 0.3) is 0 Å². The van der Waals surface area contributed by atoms with Crippen LogP contribution in [0.1, 0.15) is 26.3 Å². The summed E-state index contributed by atoms with van der Waals surface area (Å²) >= 11 is 2.16. The first-order chi connectivity index (χ1) is 11.7. The van der Waals surface area contributed by atoms with Gasteiger partial charge in [-0.1, -0.05) is 40.8 Å². The third-order valence-electron chi connectivity index (χ3n) is 3.50. The number of ether oxygens (including phenoxy) is 1. The summed E-state index contributed by atoms with van der Waals surface area (Å²) in [5.41, 5.74) is 0.551. The summed E-state index contributed by atoms with van der Waals surface area (Å²) in [4.78, 5) is 35.7. The van der Waals surface area contributed by atoms with E-state index in [9.17, 15) is 14.4 Å². The predicted molar refractivity (Wildman–Crippen MR) is 103 cm³/mol. The Balaban J connectivity index is 1.99. The van der Waals surface area contributed by atoms with Crippen LogP contribution in [0.5, 0.6) is 0 Å². The normalized spacial score (nSPS) is 19.4. The van der Waals surface area contributed by atoms with Gasteiger partial charge >= 0.3 is 6.09 Å². The van der Waals surface area contributed by atoms with Gasteiger partial charge in [0.05, 0.1) is 12.5 Å². The molecular formula is C17H22IN3O4. The van der Waals surface area contributed by atoms with Crippen molar-refractivity contribution < 1.29 is 19.1 Å². The molecule has 0 spiro atoms. The van der Waals surface area contributed by atoms with Crippen LogP contribution >= 0.6 is 22.6 Å². The molecule has 3 amide bonds. The first-order valence-electron chi connectivity index (χ1n) is 7.93. The maximum absolute atomic E-state index is 12.3. The van der Waals surface area contributed by atoms with Crippen molar-refractivity contribution in [3.8, 4) is 0 Å². The molecular weight excluding hydrogens is 437 g/mol. The average molecular weight is 459 g/mol. The number of carbonyl (C=O) groups excluding carboxylic acids is 3. The first kappa shape index (κ1) is 19.5. The lowest BCUT2D eigenvalue weighted by molar-refractivity contribution is -0.135. The molecule has 1 aromatic rings. The van der Waals surface area contributed by atoms with Crippen molar-refractivity contribution in [2.45, 2.75) is 44.9 Å². The molecule has 25 heavy (non-hydrogen) atoms. The second-order valence-corrected chi connectivity index (χ2v) is 7.66. The maximum atomic E-state index is 12.3. The highest BCUT2D eigenvalue weighted by atomic mass is 127. The van der Waals surface area contributed by atoms with E-state index in [0.717, 1.165) is 4.43 Å². The summed E-state index contributed by atoms with van der Waals surface area (Å²) in [6.45, 7) is 5.33. The van der Waals surface area contributed by atoms with E-state index in [1.807, 2.05) is 0 Å². The molecule has 7 nitrogen and oxygen atoms in total. The van der Waals surface area contributed by atoms with Gasteiger partial charge in [-0.2, -0.15) is 0 Å². The molecule has 2 atom stereocenters. The monoisotopic (exact) mass is 459 g/mol. The van der Waals surface area contributed by atoms with Gasteiger partial charge in [0.1, 0.15) is 11.6 Å². The molecule has 1 fully saturated rings. The molecule has 1 aromatic carbocycles. The maximum Gasteiger partial charge on any atom is 0.412 e. The molecule has 136 valence electrons. The molecule has 3 N–H and O–H groups in total. The van der Waals surface area contributed by atoms with Crippen molar-refractivity contribution in [2.24, 2.45) is 0 Å². The van der Waals surface area contributed by atoms with Crippen LogP contribution in [0.15, 0.2) is 24.3 Å². The minimum Gasteiger partial charge on any atom is -0.444 e. The van der Waals surface area contributed by atoms with Gasteiger partial charge in [-0.15, -0.1) is 0 Å². The van der Waals surface area contributed by atoms with E-state index in [1.165, 1.54) is 0 Å². The third kappa shape index (κ3) is 5.58. The van der Waals surface area contributed by atoms with Crippen molar-refractivity contribution in [1.29, 1.82) is 0 Å². The molecule has 2 unspecified atom stereocenters. The lowest BCUT2D eigenvalue weighted by atomic mass is 10.0. The van der Waals surface area contributed by atoms with Gasteiger partial charge in [-0.3, -0.25) is 14.9 Å². The Bertz CT molecular complexity index is 672. The standard InChI is InChI=1S/C17H22IN3O4/c1-17(2,3)25-16(24)20-11-7-5-4-6-10(11)8-13(22)21-14-12(9-18)19-15(14)23/h4-7,12,14H,8-9H2,1-3H3,(H,19,23)(H,20,24)(H,21,22). The fourth-order valence-electron chi connectivity index (χ4n) is 2.34. The molecule has 0 saturated carbocycles. The molecule has 1 saturated heterocycles. The molecule has 2 rings (SSSR count). The Morgan fingerprint density at radius 3 is 2.56 bits per heavy atom. The molecule has 0 aliphatic carbocycles. The number of hydrogen-bond donors (Lipinski definition) is 3. The van der Waals surface area contributed by atoms with Crippen LogP contribution in [0, 0.1) is 0 Å². The van der Waals surface area contributed by atoms with E-state index < -0.39 is 17.7 Å². The Morgan fingerprint density at radius 1 is 1.28 bits per heavy atom. The smallest absolute Gasteiger partial charge is 0.412 e. The average Bonchev–Trinajstić information content (AvgIpc) is 2.50. The van der Waals surface area contributed by atoms with Crippen LogP contribution in [0.25, 0.3) is 0 Å². The molecule has 1 aliphatic heterocycles. The summed E-state index contributed by atoms with van der Waals surface area (Å²) in [5.74, 6) is -0.441. The Hall–Kier alpha value is -1.84. The number of para-hydroxylation sites is 1. The molecule has 0 bridgehead atoms. The number of carbonyl (C=O) groups is 3. The number of alkyl halides is 1. The number of rotatable bonds is 5. The highest BCUT2D eigenvalue weighted by Crippen LogP contribution is 2.18. The summed E-state index contributed by atoms with van der Waals surface area (Å²) in [6, 6.07) is 6.48. The zero-order chi connectivity index (χ0) is 18.6. The van der Waals surface area contributed by atoms with Gasteiger partial charge in [0.2, 0.25) is 11.8 Å². The highest BCUT2D eigenvalue weighted by molar-refractivity contribution is 14.1. The fraction of sp³-hybridized carbons (Fsp3) is 0.471. The number of halogens is 1. The summed E-state index contributed by atoms with van der Waals surface area (Å²) in [5, 5.41) is 8.13. The van der Waals surface area contributed by atoms with E-state index >= 15 is 0 Å². The van der Waals surface area contributed by atoms with Crippen molar-refractivity contribution in [2.75, 3.05) is 9.74 Å². The number of amides is 3. The number of β-lactam (4-membered cyclic amide) rings is 1. The predicted octanol–water partition coefficient (Wildman–Crippen LogP) is 1.99. The van der Waals surface area contributed by atoms with E-state index in [0.29, 0.717) is 11.3 Å².